The van der Waals surface area contributed by atoms with Crippen molar-refractivity contribution in [3.63, 3.8) is 0 Å². The number of hydroxylamine groups is 1. The zero-order valence-electron chi connectivity index (χ0n) is 24.5. The van der Waals surface area contributed by atoms with Crippen LogP contribution in [0.3, 0.4) is 0 Å². The van der Waals surface area contributed by atoms with Crippen molar-refractivity contribution in [3.8, 4) is 5.75 Å². The zero-order valence-corrected chi connectivity index (χ0v) is 25.3. The van der Waals surface area contributed by atoms with E-state index in [-0.39, 0.29) is 16.0 Å². The lowest BCUT2D eigenvalue weighted by molar-refractivity contribution is -0.274. The van der Waals surface area contributed by atoms with Gasteiger partial charge in [-0.2, -0.15) is 0 Å². The van der Waals surface area contributed by atoms with Gasteiger partial charge < -0.3 is 9.47 Å². The van der Waals surface area contributed by atoms with Gasteiger partial charge in [-0.3, -0.25) is 14.4 Å². The van der Waals surface area contributed by atoms with E-state index in [1.165, 1.54) is 35.6 Å². The summed E-state index contributed by atoms with van der Waals surface area (Å²) in [5.74, 6) is -2.89. The first kappa shape index (κ1) is 30.1. The lowest BCUT2D eigenvalue weighted by atomic mass is 9.72. The third-order valence-corrected chi connectivity index (χ3v) is 9.88. The van der Waals surface area contributed by atoms with Crippen LogP contribution in [-0.2, 0) is 32.0 Å². The first-order chi connectivity index (χ1) is 20.8. The monoisotopic (exact) mass is 628 g/mol. The van der Waals surface area contributed by atoms with E-state index in [1.807, 2.05) is 0 Å². The predicted molar refractivity (Wildman–Crippen MR) is 156 cm³/mol. The molecule has 3 heterocycles. The Balaban J connectivity index is 1.40. The second kappa shape index (κ2) is 10.9. The number of rotatable bonds is 5. The summed E-state index contributed by atoms with van der Waals surface area (Å²) in [5.41, 5.74) is 2.08. The molecular formula is C32H31F3N2O6S. The van der Waals surface area contributed by atoms with Gasteiger partial charge in [-0.25, -0.2) is 14.8 Å². The number of halogens is 3. The van der Waals surface area contributed by atoms with Gasteiger partial charge in [0.1, 0.15) is 16.7 Å². The van der Waals surface area contributed by atoms with Crippen molar-refractivity contribution >= 4 is 39.8 Å². The number of fused-ring (bicyclic) bond motifs is 2. The minimum absolute atomic E-state index is 0.0340. The van der Waals surface area contributed by atoms with Crippen LogP contribution in [0.2, 0.25) is 0 Å². The molecule has 1 aliphatic carbocycles. The minimum atomic E-state index is -4.86. The fourth-order valence-electron chi connectivity index (χ4n) is 6.40. The number of para-hydroxylation sites is 1. The average Bonchev–Trinajstić information content (AvgIpc) is 3.62. The number of imide groups is 1. The molecule has 3 aliphatic rings. The average molecular weight is 629 g/mol. The van der Waals surface area contributed by atoms with E-state index >= 15 is 0 Å². The zero-order chi connectivity index (χ0) is 31.6. The molecule has 4 atom stereocenters. The standard InChI is InChI=1S/C32H31F3N2O6S/c1-31(2,3)18-12-15-21-22(16-18)44-29(23(21)30(40)41-4)36-27(38)24-25(17-10-13-20(14-11-17)42-32(33,34)35)37(43-26(24)28(36)39)19-8-6-5-7-9-19/h5-11,13-14,18,24-26H,12,15-16H2,1-4H3/t18-,24-,25-,26-/m1/s1. The Morgan fingerprint density at radius 3 is 2.30 bits per heavy atom. The van der Waals surface area contributed by atoms with E-state index in [2.05, 4.69) is 25.5 Å². The van der Waals surface area contributed by atoms with E-state index in [1.54, 1.807) is 30.3 Å². The van der Waals surface area contributed by atoms with Crippen LogP contribution in [0.4, 0.5) is 23.9 Å². The first-order valence-electron chi connectivity index (χ1n) is 14.3. The van der Waals surface area contributed by atoms with Gasteiger partial charge in [0.15, 0.2) is 6.10 Å². The summed E-state index contributed by atoms with van der Waals surface area (Å²) in [6, 6.07) is 13.1. The third kappa shape index (κ3) is 5.23. The summed E-state index contributed by atoms with van der Waals surface area (Å²) in [5, 5.41) is 1.68. The quantitative estimate of drug-likeness (QED) is 0.232. The molecule has 12 heteroatoms. The van der Waals surface area contributed by atoms with Crippen molar-refractivity contribution in [2.45, 2.75) is 58.5 Å². The van der Waals surface area contributed by atoms with E-state index in [4.69, 9.17) is 9.57 Å². The number of methoxy groups -OCH3 is 1. The summed E-state index contributed by atoms with van der Waals surface area (Å²) in [6.45, 7) is 6.51. The molecule has 0 N–H and O–H groups in total. The molecule has 44 heavy (non-hydrogen) atoms. The van der Waals surface area contributed by atoms with Gasteiger partial charge in [0.2, 0.25) is 5.91 Å². The van der Waals surface area contributed by atoms with Gasteiger partial charge in [-0.1, -0.05) is 51.1 Å². The van der Waals surface area contributed by atoms with Crippen LogP contribution < -0.4 is 14.7 Å². The number of carbonyl (C=O) groups is 3. The number of ether oxygens (including phenoxy) is 2. The SMILES string of the molecule is COC(=O)c1c(N2C(=O)[C@@H]3[C@@H](c4ccc(OC(F)(F)F)cc4)N(c4ccccc4)O[C@H]3C2=O)sc2c1CC[C@@H](C(C)(C)C)C2. The van der Waals surface area contributed by atoms with E-state index in [0.29, 0.717) is 30.0 Å². The molecule has 0 bridgehead atoms. The summed E-state index contributed by atoms with van der Waals surface area (Å²) < 4.78 is 47.6. The van der Waals surface area contributed by atoms with E-state index in [9.17, 15) is 27.6 Å². The van der Waals surface area contributed by atoms with Crippen molar-refractivity contribution in [1.82, 2.24) is 0 Å². The van der Waals surface area contributed by atoms with Crippen LogP contribution in [0.15, 0.2) is 54.6 Å². The molecule has 2 fully saturated rings. The van der Waals surface area contributed by atoms with Crippen molar-refractivity contribution < 1.29 is 41.9 Å². The number of esters is 1. The number of anilines is 2. The number of hydrogen-bond acceptors (Lipinski definition) is 8. The Labute approximate surface area is 256 Å². The number of thiophene rings is 1. The Morgan fingerprint density at radius 2 is 1.68 bits per heavy atom. The van der Waals surface area contributed by atoms with E-state index in [0.717, 1.165) is 33.9 Å². The Bertz CT molecular complexity index is 1600. The molecule has 2 aromatic carbocycles. The number of alkyl halides is 3. The molecule has 0 saturated carbocycles. The number of nitrogens with zero attached hydrogens (tertiary/aromatic N) is 2. The summed E-state index contributed by atoms with van der Waals surface area (Å²) in [7, 11) is 1.27. The number of benzene rings is 2. The van der Waals surface area contributed by atoms with Crippen molar-refractivity contribution in [2.75, 3.05) is 17.1 Å². The molecule has 2 aliphatic heterocycles. The topological polar surface area (TPSA) is 85.4 Å². The minimum Gasteiger partial charge on any atom is -0.465 e. The highest BCUT2D eigenvalue weighted by Crippen LogP contribution is 2.51. The maximum atomic E-state index is 14.3. The smallest absolute Gasteiger partial charge is 0.465 e. The normalized spacial score (nSPS) is 23.5. The second-order valence-corrected chi connectivity index (χ2v) is 13.4. The highest BCUT2D eigenvalue weighted by Gasteiger charge is 2.61. The predicted octanol–water partition coefficient (Wildman–Crippen LogP) is 6.64. The molecule has 1 aromatic heterocycles. The fraction of sp³-hybridized carbons (Fsp3) is 0.406. The lowest BCUT2D eigenvalue weighted by Crippen LogP contribution is -2.37. The molecule has 3 aromatic rings. The highest BCUT2D eigenvalue weighted by atomic mass is 32.1. The molecule has 8 nitrogen and oxygen atoms in total. The Morgan fingerprint density at radius 1 is 1.00 bits per heavy atom. The van der Waals surface area contributed by atoms with Gasteiger partial charge >= 0.3 is 12.3 Å². The van der Waals surface area contributed by atoms with E-state index < -0.39 is 48.0 Å². The maximum absolute atomic E-state index is 14.3. The van der Waals surface area contributed by atoms with Crippen LogP contribution in [-0.4, -0.2) is 37.4 Å². The summed E-state index contributed by atoms with van der Waals surface area (Å²) >= 11 is 1.26. The van der Waals surface area contributed by atoms with Crippen LogP contribution in [0.1, 0.15) is 59.6 Å². The molecular weight excluding hydrogens is 597 g/mol. The second-order valence-electron chi connectivity index (χ2n) is 12.3. The molecule has 6 rings (SSSR count). The third-order valence-electron chi connectivity index (χ3n) is 8.65. The van der Waals surface area contributed by atoms with Crippen LogP contribution in [0, 0.1) is 17.3 Å². The molecule has 0 radical (unpaired) electrons. The molecule has 0 spiro atoms. The fourth-order valence-corrected chi connectivity index (χ4v) is 7.82. The van der Waals surface area contributed by atoms with Crippen LogP contribution in [0.25, 0.3) is 0 Å². The summed E-state index contributed by atoms with van der Waals surface area (Å²) in [6.07, 6.45) is -3.89. The Hall–Kier alpha value is -3.90. The van der Waals surface area contributed by atoms with Gasteiger partial charge in [0, 0.05) is 4.88 Å². The van der Waals surface area contributed by atoms with Crippen molar-refractivity contribution in [1.29, 1.82) is 0 Å². The molecule has 232 valence electrons. The summed E-state index contributed by atoms with van der Waals surface area (Å²) in [4.78, 5) is 49.6. The van der Waals surface area contributed by atoms with Gasteiger partial charge in [-0.05, 0) is 66.0 Å². The van der Waals surface area contributed by atoms with Crippen LogP contribution >= 0.6 is 11.3 Å². The lowest BCUT2D eigenvalue weighted by Gasteiger charge is -2.33. The molecule has 2 amide bonds. The maximum Gasteiger partial charge on any atom is 0.573 e. The first-order valence-corrected chi connectivity index (χ1v) is 15.1. The van der Waals surface area contributed by atoms with Gasteiger partial charge in [0.05, 0.1) is 24.4 Å². The highest BCUT2D eigenvalue weighted by molar-refractivity contribution is 7.17. The number of hydrogen-bond donors (Lipinski definition) is 0. The van der Waals surface area contributed by atoms with Gasteiger partial charge in [0.25, 0.3) is 5.91 Å². The number of amides is 2. The van der Waals surface area contributed by atoms with Crippen molar-refractivity contribution in [3.05, 3.63) is 76.2 Å². The largest absolute Gasteiger partial charge is 0.573 e. The molecule has 0 unspecified atom stereocenters. The number of carbonyl (C=O) groups excluding carboxylic acids is 3. The van der Waals surface area contributed by atoms with Crippen molar-refractivity contribution in [2.24, 2.45) is 17.3 Å². The molecule has 2 saturated heterocycles. The van der Waals surface area contributed by atoms with Crippen LogP contribution in [0.5, 0.6) is 5.75 Å². The van der Waals surface area contributed by atoms with Gasteiger partial charge in [-0.15, -0.1) is 24.5 Å². The Kier molecular flexibility index (Phi) is 7.48.